The molecule has 0 fully saturated rings. The molecule has 2 bridgehead atoms. The Morgan fingerprint density at radius 3 is 2.96 bits per heavy atom. The highest BCUT2D eigenvalue weighted by atomic mass is 16.4. The zero-order chi connectivity index (χ0) is 16.3. The van der Waals surface area contributed by atoms with Crippen molar-refractivity contribution in [2.75, 3.05) is 4.90 Å². The third-order valence-corrected chi connectivity index (χ3v) is 4.35. The van der Waals surface area contributed by atoms with Gasteiger partial charge in [-0.2, -0.15) is 0 Å². The van der Waals surface area contributed by atoms with Crippen molar-refractivity contribution in [2.45, 2.75) is 6.54 Å². The number of hydrogen-bond acceptors (Lipinski definition) is 5. The van der Waals surface area contributed by atoms with Crippen LogP contribution in [0.1, 0.15) is 17.1 Å². The van der Waals surface area contributed by atoms with Crippen LogP contribution in [0.25, 0.3) is 22.7 Å². The van der Waals surface area contributed by atoms with E-state index in [2.05, 4.69) is 15.0 Å². The first-order chi connectivity index (χ1) is 11.7. The van der Waals surface area contributed by atoms with Gasteiger partial charge in [0.2, 0.25) is 0 Å². The Kier molecular flexibility index (Phi) is 2.44. The molecular formula is C17H11N5O2. The molecule has 3 aromatic heterocycles. The SMILES string of the molecule is O=C(O)n1c2ccc1C1=CC=Cc3nccc4ncnc(c34)N1C2. The second-order valence-corrected chi connectivity index (χ2v) is 5.61. The number of carboxylic acid groups (broad SMARTS) is 1. The lowest BCUT2D eigenvalue weighted by Gasteiger charge is -2.32. The summed E-state index contributed by atoms with van der Waals surface area (Å²) in [5.41, 5.74) is 3.74. The number of allylic oxidation sites excluding steroid dienone is 2. The van der Waals surface area contributed by atoms with Crippen molar-refractivity contribution in [3.63, 3.8) is 0 Å². The lowest BCUT2D eigenvalue weighted by atomic mass is 10.1. The summed E-state index contributed by atoms with van der Waals surface area (Å²) in [5.74, 6) is 0.738. The van der Waals surface area contributed by atoms with Gasteiger partial charge in [0.25, 0.3) is 0 Å². The van der Waals surface area contributed by atoms with E-state index in [1.165, 1.54) is 10.9 Å². The van der Waals surface area contributed by atoms with Gasteiger partial charge in [-0.1, -0.05) is 6.08 Å². The topological polar surface area (TPSA) is 84.1 Å². The molecule has 0 amide bonds. The van der Waals surface area contributed by atoms with Crippen molar-refractivity contribution in [1.29, 1.82) is 0 Å². The molecule has 2 aliphatic heterocycles. The van der Waals surface area contributed by atoms with Crippen molar-refractivity contribution in [2.24, 2.45) is 0 Å². The van der Waals surface area contributed by atoms with E-state index < -0.39 is 6.09 Å². The highest BCUT2D eigenvalue weighted by Crippen LogP contribution is 2.38. The zero-order valence-corrected chi connectivity index (χ0v) is 12.4. The number of nitrogens with zero attached hydrogens (tertiary/aromatic N) is 5. The third-order valence-electron chi connectivity index (χ3n) is 4.35. The molecule has 5 heterocycles. The van der Waals surface area contributed by atoms with Crippen molar-refractivity contribution in [1.82, 2.24) is 19.5 Å². The minimum absolute atomic E-state index is 0.423. The molecule has 0 spiro atoms. The second kappa shape index (κ2) is 4.51. The van der Waals surface area contributed by atoms with Gasteiger partial charge in [0, 0.05) is 11.9 Å². The fraction of sp³-hybridized carbons (Fsp3) is 0.0588. The number of aromatic nitrogens is 4. The smallest absolute Gasteiger partial charge is 0.416 e. The quantitative estimate of drug-likeness (QED) is 0.686. The van der Waals surface area contributed by atoms with Crippen molar-refractivity contribution in [3.05, 3.63) is 60.0 Å². The summed E-state index contributed by atoms with van der Waals surface area (Å²) >= 11 is 0. The first kappa shape index (κ1) is 13.0. The fourth-order valence-electron chi connectivity index (χ4n) is 3.35. The van der Waals surface area contributed by atoms with Crippen LogP contribution < -0.4 is 4.90 Å². The van der Waals surface area contributed by atoms with Gasteiger partial charge < -0.3 is 10.0 Å². The van der Waals surface area contributed by atoms with E-state index in [0.29, 0.717) is 17.9 Å². The molecule has 2 aliphatic rings. The summed E-state index contributed by atoms with van der Waals surface area (Å²) in [6.45, 7) is 0.423. The molecule has 1 N–H and O–H groups in total. The Hall–Kier alpha value is -3.48. The average Bonchev–Trinajstić information content (AvgIpc) is 2.91. The molecule has 0 radical (unpaired) electrons. The molecule has 7 nitrogen and oxygen atoms in total. The normalized spacial score (nSPS) is 14.8. The van der Waals surface area contributed by atoms with Crippen LogP contribution in [-0.2, 0) is 6.54 Å². The highest BCUT2D eigenvalue weighted by Gasteiger charge is 2.30. The van der Waals surface area contributed by atoms with Gasteiger partial charge in [-0.15, -0.1) is 0 Å². The van der Waals surface area contributed by atoms with Crippen LogP contribution >= 0.6 is 0 Å². The molecule has 3 aromatic rings. The molecule has 24 heavy (non-hydrogen) atoms. The van der Waals surface area contributed by atoms with E-state index in [9.17, 15) is 9.90 Å². The maximum atomic E-state index is 11.6. The van der Waals surface area contributed by atoms with Gasteiger partial charge in [0.15, 0.2) is 0 Å². The third kappa shape index (κ3) is 1.60. The number of anilines is 1. The fourth-order valence-corrected chi connectivity index (χ4v) is 3.35. The molecule has 0 saturated heterocycles. The monoisotopic (exact) mass is 317 g/mol. The Morgan fingerprint density at radius 2 is 2.08 bits per heavy atom. The largest absolute Gasteiger partial charge is 0.464 e. The number of pyridine rings is 1. The average molecular weight is 317 g/mol. The van der Waals surface area contributed by atoms with Crippen molar-refractivity contribution in [3.8, 4) is 0 Å². The van der Waals surface area contributed by atoms with Gasteiger partial charge in [0.05, 0.1) is 34.5 Å². The standard InChI is InChI=1S/C17H11N5O2/c23-17(24)22-10-4-5-14(22)13-3-1-2-11-15-12(6-7-18-11)19-9-20-16(15)21(13)8-10/h1-7,9H,8H2,(H,23,24). The maximum absolute atomic E-state index is 11.6. The molecule has 0 unspecified atom stereocenters. The molecule has 0 atom stereocenters. The van der Waals surface area contributed by atoms with E-state index in [1.54, 1.807) is 6.20 Å². The summed E-state index contributed by atoms with van der Waals surface area (Å²) in [6, 6.07) is 5.51. The lowest BCUT2D eigenvalue weighted by molar-refractivity contribution is 0.195. The first-order valence-electron chi connectivity index (χ1n) is 7.44. The minimum Gasteiger partial charge on any atom is -0.464 e. The van der Waals surface area contributed by atoms with Gasteiger partial charge in [0.1, 0.15) is 12.1 Å². The Morgan fingerprint density at radius 1 is 1.17 bits per heavy atom. The summed E-state index contributed by atoms with van der Waals surface area (Å²) in [6.07, 6.45) is 7.93. The lowest BCUT2D eigenvalue weighted by Crippen LogP contribution is -2.32. The highest BCUT2D eigenvalue weighted by molar-refractivity contribution is 6.00. The van der Waals surface area contributed by atoms with E-state index in [-0.39, 0.29) is 0 Å². The Bertz CT molecular complexity index is 1070. The number of carbonyl (C=O) groups is 1. The van der Waals surface area contributed by atoms with Crippen LogP contribution in [0.3, 0.4) is 0 Å². The van der Waals surface area contributed by atoms with E-state index in [4.69, 9.17) is 0 Å². The summed E-state index contributed by atoms with van der Waals surface area (Å²) in [4.78, 5) is 26.8. The Labute approximate surface area is 136 Å². The second-order valence-electron chi connectivity index (χ2n) is 5.61. The van der Waals surface area contributed by atoms with Crippen molar-refractivity contribution >= 4 is 34.6 Å². The van der Waals surface area contributed by atoms with Gasteiger partial charge in [-0.3, -0.25) is 4.98 Å². The molecule has 0 saturated carbocycles. The van der Waals surface area contributed by atoms with Gasteiger partial charge >= 0.3 is 6.09 Å². The molecule has 0 aliphatic carbocycles. The van der Waals surface area contributed by atoms with Crippen LogP contribution in [0, 0.1) is 0 Å². The number of rotatable bonds is 0. The first-order valence-corrected chi connectivity index (χ1v) is 7.44. The summed E-state index contributed by atoms with van der Waals surface area (Å²) in [5, 5.41) is 10.4. The Balaban J connectivity index is 1.83. The van der Waals surface area contributed by atoms with E-state index in [0.717, 1.165) is 28.1 Å². The number of fused-ring (bicyclic) bond motifs is 5. The molecule has 7 heteroatoms. The van der Waals surface area contributed by atoms with Gasteiger partial charge in [-0.25, -0.2) is 19.3 Å². The van der Waals surface area contributed by atoms with Crippen molar-refractivity contribution < 1.29 is 9.90 Å². The minimum atomic E-state index is -0.980. The predicted octanol–water partition coefficient (Wildman–Crippen LogP) is 2.74. The van der Waals surface area contributed by atoms with Crippen LogP contribution in [0.4, 0.5) is 10.6 Å². The molecule has 116 valence electrons. The van der Waals surface area contributed by atoms with E-state index >= 15 is 0 Å². The maximum Gasteiger partial charge on any atom is 0.416 e. The molecular weight excluding hydrogens is 306 g/mol. The van der Waals surface area contributed by atoms with Crippen LogP contribution in [-0.4, -0.2) is 30.7 Å². The summed E-state index contributed by atoms with van der Waals surface area (Å²) < 4.78 is 1.32. The van der Waals surface area contributed by atoms with Crippen LogP contribution in [0.5, 0.6) is 0 Å². The molecule has 5 rings (SSSR count). The number of hydrogen-bond donors (Lipinski definition) is 1. The van der Waals surface area contributed by atoms with Crippen LogP contribution in [0.2, 0.25) is 0 Å². The van der Waals surface area contributed by atoms with Crippen LogP contribution in [0.15, 0.2) is 42.9 Å². The van der Waals surface area contributed by atoms with Gasteiger partial charge in [-0.05, 0) is 30.4 Å². The van der Waals surface area contributed by atoms with E-state index in [1.807, 2.05) is 41.3 Å². The zero-order valence-electron chi connectivity index (χ0n) is 12.4. The summed E-state index contributed by atoms with van der Waals surface area (Å²) in [7, 11) is 0. The molecule has 0 aromatic carbocycles. The predicted molar refractivity (Wildman–Crippen MR) is 88.4 cm³/mol.